The summed E-state index contributed by atoms with van der Waals surface area (Å²) in [4.78, 5) is 0. The molecule has 0 radical (unpaired) electrons. The highest BCUT2D eigenvalue weighted by molar-refractivity contribution is 5.56. The van der Waals surface area contributed by atoms with Gasteiger partial charge in [-0.3, -0.25) is 0 Å². The van der Waals surface area contributed by atoms with Crippen LogP contribution in [0.1, 0.15) is 5.56 Å². The molecule has 0 unspecified atom stereocenters. The molecule has 20 heavy (non-hydrogen) atoms. The molecule has 0 fully saturated rings. The Morgan fingerprint density at radius 1 is 0.800 bits per heavy atom. The molecule has 2 aromatic rings. The topological polar surface area (TPSA) is 36.9 Å². The van der Waals surface area contributed by atoms with Gasteiger partial charge in [-0.2, -0.15) is 0 Å². The van der Waals surface area contributed by atoms with Crippen LogP contribution >= 0.6 is 0 Å². The van der Waals surface area contributed by atoms with Gasteiger partial charge < -0.3 is 18.9 Å². The molecule has 0 saturated heterocycles. The molecule has 0 aliphatic rings. The fourth-order valence-electron chi connectivity index (χ4n) is 1.85. The van der Waals surface area contributed by atoms with Crippen LogP contribution in [-0.2, 0) is 6.61 Å². The fourth-order valence-corrected chi connectivity index (χ4v) is 1.85. The van der Waals surface area contributed by atoms with E-state index in [0.29, 0.717) is 29.6 Å². The Morgan fingerprint density at radius 3 is 1.90 bits per heavy atom. The number of benzene rings is 2. The molecular formula is C16H18O4. The number of rotatable bonds is 6. The molecule has 0 aliphatic carbocycles. The zero-order valence-electron chi connectivity index (χ0n) is 11.9. The zero-order chi connectivity index (χ0) is 14.4. The predicted octanol–water partition coefficient (Wildman–Crippen LogP) is 3.29. The van der Waals surface area contributed by atoms with Gasteiger partial charge in [0, 0.05) is 12.1 Å². The standard InChI is InChI=1S/C16H18O4/c1-17-13-9-14(18-2)16(15(10-13)19-3)20-11-12-7-5-4-6-8-12/h4-10H,11H2,1-3H3. The molecular weight excluding hydrogens is 256 g/mol. The van der Waals surface area contributed by atoms with E-state index in [1.807, 2.05) is 30.3 Å². The maximum Gasteiger partial charge on any atom is 0.204 e. The molecule has 2 rings (SSSR count). The van der Waals surface area contributed by atoms with E-state index in [-0.39, 0.29) is 0 Å². The molecule has 4 nitrogen and oxygen atoms in total. The lowest BCUT2D eigenvalue weighted by Crippen LogP contribution is -2.00. The van der Waals surface area contributed by atoms with Crippen LogP contribution in [-0.4, -0.2) is 21.3 Å². The lowest BCUT2D eigenvalue weighted by atomic mass is 10.2. The summed E-state index contributed by atoms with van der Waals surface area (Å²) in [6.07, 6.45) is 0. The third-order valence-electron chi connectivity index (χ3n) is 2.90. The molecule has 2 aromatic carbocycles. The van der Waals surface area contributed by atoms with Crippen LogP contribution < -0.4 is 18.9 Å². The number of hydrogen-bond donors (Lipinski definition) is 0. The smallest absolute Gasteiger partial charge is 0.204 e. The van der Waals surface area contributed by atoms with Crippen LogP contribution in [0.2, 0.25) is 0 Å². The molecule has 0 atom stereocenters. The molecule has 4 heteroatoms. The summed E-state index contributed by atoms with van der Waals surface area (Å²) >= 11 is 0. The number of ether oxygens (including phenoxy) is 4. The van der Waals surface area contributed by atoms with Crippen molar-refractivity contribution < 1.29 is 18.9 Å². The number of methoxy groups -OCH3 is 3. The second-order valence-electron chi connectivity index (χ2n) is 4.14. The Bertz CT molecular complexity index is 527. The normalized spacial score (nSPS) is 9.95. The summed E-state index contributed by atoms with van der Waals surface area (Å²) in [5, 5.41) is 0. The molecule has 0 amide bonds. The van der Waals surface area contributed by atoms with Gasteiger partial charge in [0.15, 0.2) is 11.5 Å². The number of hydrogen-bond acceptors (Lipinski definition) is 4. The van der Waals surface area contributed by atoms with Crippen LogP contribution in [0.5, 0.6) is 23.0 Å². The molecule has 0 N–H and O–H groups in total. The Morgan fingerprint density at radius 2 is 1.40 bits per heavy atom. The zero-order valence-corrected chi connectivity index (χ0v) is 11.9. The van der Waals surface area contributed by atoms with Crippen LogP contribution in [0.15, 0.2) is 42.5 Å². The van der Waals surface area contributed by atoms with E-state index in [0.717, 1.165) is 5.56 Å². The molecule has 0 saturated carbocycles. The summed E-state index contributed by atoms with van der Waals surface area (Å²) in [5.41, 5.74) is 1.08. The van der Waals surface area contributed by atoms with Gasteiger partial charge in [-0.1, -0.05) is 30.3 Å². The molecule has 0 bridgehead atoms. The van der Waals surface area contributed by atoms with Gasteiger partial charge in [-0.05, 0) is 5.56 Å². The second-order valence-corrected chi connectivity index (χ2v) is 4.14. The van der Waals surface area contributed by atoms with Gasteiger partial charge in [0.2, 0.25) is 5.75 Å². The highest BCUT2D eigenvalue weighted by Gasteiger charge is 2.14. The van der Waals surface area contributed by atoms with Gasteiger partial charge >= 0.3 is 0 Å². The first kappa shape index (κ1) is 14.1. The Hall–Kier alpha value is -2.36. The van der Waals surface area contributed by atoms with Crippen molar-refractivity contribution in [3.63, 3.8) is 0 Å². The minimum atomic E-state index is 0.444. The van der Waals surface area contributed by atoms with Crippen molar-refractivity contribution in [1.29, 1.82) is 0 Å². The highest BCUT2D eigenvalue weighted by atomic mass is 16.5. The second kappa shape index (κ2) is 6.70. The largest absolute Gasteiger partial charge is 0.496 e. The van der Waals surface area contributed by atoms with Crippen LogP contribution in [0.4, 0.5) is 0 Å². The molecule has 106 valence electrons. The maximum absolute atomic E-state index is 5.83. The van der Waals surface area contributed by atoms with E-state index in [9.17, 15) is 0 Å². The Kier molecular flexibility index (Phi) is 4.71. The Balaban J connectivity index is 2.25. The third-order valence-corrected chi connectivity index (χ3v) is 2.90. The summed E-state index contributed by atoms with van der Waals surface area (Å²) in [6.45, 7) is 0.444. The SMILES string of the molecule is COc1cc(OC)c(OCc2ccccc2)c(OC)c1. The van der Waals surface area contributed by atoms with Crippen molar-refractivity contribution >= 4 is 0 Å². The summed E-state index contributed by atoms with van der Waals surface area (Å²) < 4.78 is 21.7. The van der Waals surface area contributed by atoms with Crippen LogP contribution in [0.25, 0.3) is 0 Å². The minimum absolute atomic E-state index is 0.444. The van der Waals surface area contributed by atoms with E-state index in [1.54, 1.807) is 33.5 Å². The van der Waals surface area contributed by atoms with Crippen molar-refractivity contribution in [2.24, 2.45) is 0 Å². The molecule has 0 aliphatic heterocycles. The summed E-state index contributed by atoms with van der Waals surface area (Å²) in [7, 11) is 4.77. The van der Waals surface area contributed by atoms with Gasteiger partial charge in [0.25, 0.3) is 0 Å². The monoisotopic (exact) mass is 274 g/mol. The minimum Gasteiger partial charge on any atom is -0.496 e. The van der Waals surface area contributed by atoms with E-state index in [1.165, 1.54) is 0 Å². The van der Waals surface area contributed by atoms with Crippen molar-refractivity contribution in [3.8, 4) is 23.0 Å². The van der Waals surface area contributed by atoms with Gasteiger partial charge in [0.1, 0.15) is 12.4 Å². The van der Waals surface area contributed by atoms with E-state index < -0.39 is 0 Å². The van der Waals surface area contributed by atoms with E-state index >= 15 is 0 Å². The summed E-state index contributed by atoms with van der Waals surface area (Å²) in [5.74, 6) is 2.39. The highest BCUT2D eigenvalue weighted by Crippen LogP contribution is 2.41. The molecule has 0 heterocycles. The summed E-state index contributed by atoms with van der Waals surface area (Å²) in [6, 6.07) is 13.5. The van der Waals surface area contributed by atoms with Crippen molar-refractivity contribution in [1.82, 2.24) is 0 Å². The molecule has 0 spiro atoms. The first-order chi connectivity index (χ1) is 9.78. The lowest BCUT2D eigenvalue weighted by Gasteiger charge is -2.15. The van der Waals surface area contributed by atoms with E-state index in [2.05, 4.69) is 0 Å². The van der Waals surface area contributed by atoms with E-state index in [4.69, 9.17) is 18.9 Å². The first-order valence-electron chi connectivity index (χ1n) is 6.25. The first-order valence-corrected chi connectivity index (χ1v) is 6.25. The average molecular weight is 274 g/mol. The van der Waals surface area contributed by atoms with Crippen molar-refractivity contribution in [2.75, 3.05) is 21.3 Å². The van der Waals surface area contributed by atoms with Gasteiger partial charge in [-0.25, -0.2) is 0 Å². The molecule has 0 aromatic heterocycles. The quantitative estimate of drug-likeness (QED) is 0.810. The van der Waals surface area contributed by atoms with Gasteiger partial charge in [0.05, 0.1) is 21.3 Å². The fraction of sp³-hybridized carbons (Fsp3) is 0.250. The van der Waals surface area contributed by atoms with Crippen molar-refractivity contribution in [2.45, 2.75) is 6.61 Å². The van der Waals surface area contributed by atoms with Crippen LogP contribution in [0.3, 0.4) is 0 Å². The third kappa shape index (κ3) is 3.15. The van der Waals surface area contributed by atoms with Gasteiger partial charge in [-0.15, -0.1) is 0 Å². The average Bonchev–Trinajstić information content (AvgIpc) is 2.52. The Labute approximate surface area is 118 Å². The lowest BCUT2D eigenvalue weighted by molar-refractivity contribution is 0.264. The van der Waals surface area contributed by atoms with Crippen LogP contribution in [0, 0.1) is 0 Å². The predicted molar refractivity (Wildman–Crippen MR) is 76.9 cm³/mol. The van der Waals surface area contributed by atoms with Crippen molar-refractivity contribution in [3.05, 3.63) is 48.0 Å². The maximum atomic E-state index is 5.83.